The van der Waals surface area contributed by atoms with Crippen molar-refractivity contribution >= 4 is 17.7 Å². The van der Waals surface area contributed by atoms with Crippen LogP contribution in [-0.2, 0) is 0 Å². The van der Waals surface area contributed by atoms with Crippen molar-refractivity contribution in [2.24, 2.45) is 0 Å². The molecule has 1 aromatic carbocycles. The molecule has 0 aliphatic heterocycles. The zero-order chi connectivity index (χ0) is 10.8. The molecule has 0 heterocycles. The first kappa shape index (κ1) is 10.8. The lowest BCUT2D eigenvalue weighted by Gasteiger charge is -2.27. The molecule has 0 saturated heterocycles. The summed E-state index contributed by atoms with van der Waals surface area (Å²) < 4.78 is 0. The topological polar surface area (TPSA) is 0 Å². The van der Waals surface area contributed by atoms with Gasteiger partial charge in [0.25, 0.3) is 0 Å². The molecule has 1 fully saturated rings. The molecule has 1 heteroatoms. The number of allylic oxidation sites excluding steroid dienone is 1. The summed E-state index contributed by atoms with van der Waals surface area (Å²) in [7, 11) is 0. The maximum Gasteiger partial charge on any atom is 0.0412 e. The number of hydrogen-bond acceptors (Lipinski definition) is 0. The fraction of sp³-hybridized carbons (Fsp3) is 0.429. The number of rotatable bonds is 2. The minimum Gasteiger partial charge on any atom is -0.0843 e. The van der Waals surface area contributed by atoms with Crippen LogP contribution in [0.4, 0.5) is 0 Å². The van der Waals surface area contributed by atoms with Crippen LogP contribution in [0.3, 0.4) is 0 Å². The normalized spacial score (nSPS) is 15.9. The second-order valence-corrected chi connectivity index (χ2v) is 5.06. The van der Waals surface area contributed by atoms with Gasteiger partial charge in [-0.25, -0.2) is 0 Å². The van der Waals surface area contributed by atoms with E-state index in [-0.39, 0.29) is 0 Å². The summed E-state index contributed by atoms with van der Waals surface area (Å²) >= 11 is 6.04. The molecule has 0 amide bonds. The largest absolute Gasteiger partial charge is 0.0843 e. The Bertz CT molecular complexity index is 382. The predicted molar refractivity (Wildman–Crippen MR) is 67.4 cm³/mol. The van der Waals surface area contributed by atoms with Crippen LogP contribution in [0.5, 0.6) is 0 Å². The van der Waals surface area contributed by atoms with Crippen LogP contribution < -0.4 is 0 Å². The van der Waals surface area contributed by atoms with Crippen LogP contribution in [0.25, 0.3) is 6.08 Å². The highest BCUT2D eigenvalue weighted by atomic mass is 35.5. The first-order valence-corrected chi connectivity index (χ1v) is 5.99. The molecule has 0 atom stereocenters. The van der Waals surface area contributed by atoms with Crippen molar-refractivity contribution in [2.45, 2.75) is 39.0 Å². The van der Waals surface area contributed by atoms with E-state index in [0.717, 1.165) is 10.9 Å². The van der Waals surface area contributed by atoms with E-state index in [1.54, 1.807) is 0 Å². The van der Waals surface area contributed by atoms with Gasteiger partial charge in [0.2, 0.25) is 0 Å². The Kier molecular flexibility index (Phi) is 3.16. The molecule has 1 aliphatic rings. The highest BCUT2D eigenvalue weighted by molar-refractivity contribution is 6.30. The van der Waals surface area contributed by atoms with Gasteiger partial charge in [-0.1, -0.05) is 35.7 Å². The van der Waals surface area contributed by atoms with E-state index in [0.29, 0.717) is 0 Å². The Hall–Kier alpha value is -0.750. The standard InChI is InChI=1S/C14H17Cl/c1-10(2)8-12-9-13(15)6-7-14(12)11-4-3-5-11/h6-9,11H,3-5H2,1-2H3. The van der Waals surface area contributed by atoms with Gasteiger partial charge in [-0.2, -0.15) is 0 Å². The summed E-state index contributed by atoms with van der Waals surface area (Å²) in [4.78, 5) is 0. The van der Waals surface area contributed by atoms with Gasteiger partial charge in [0, 0.05) is 5.02 Å². The van der Waals surface area contributed by atoms with Crippen molar-refractivity contribution < 1.29 is 0 Å². The average molecular weight is 221 g/mol. The van der Waals surface area contributed by atoms with Gasteiger partial charge in [0.1, 0.15) is 0 Å². The number of hydrogen-bond donors (Lipinski definition) is 0. The van der Waals surface area contributed by atoms with Gasteiger partial charge in [-0.15, -0.1) is 0 Å². The summed E-state index contributed by atoms with van der Waals surface area (Å²) in [6, 6.07) is 6.29. The lowest BCUT2D eigenvalue weighted by Crippen LogP contribution is -2.10. The Labute approximate surface area is 97.0 Å². The van der Waals surface area contributed by atoms with Gasteiger partial charge in [0.05, 0.1) is 0 Å². The maximum absolute atomic E-state index is 6.04. The molecule has 0 N–H and O–H groups in total. The number of halogens is 1. The zero-order valence-electron chi connectivity index (χ0n) is 9.39. The summed E-state index contributed by atoms with van der Waals surface area (Å²) in [6.07, 6.45) is 6.29. The van der Waals surface area contributed by atoms with E-state index >= 15 is 0 Å². The van der Waals surface area contributed by atoms with Gasteiger partial charge in [0.15, 0.2) is 0 Å². The average Bonchev–Trinajstić information content (AvgIpc) is 2.05. The molecule has 80 valence electrons. The van der Waals surface area contributed by atoms with E-state index < -0.39 is 0 Å². The Balaban J connectivity index is 2.39. The molecule has 0 spiro atoms. The highest BCUT2D eigenvalue weighted by Crippen LogP contribution is 2.39. The molecule has 0 radical (unpaired) electrons. The van der Waals surface area contributed by atoms with Crippen molar-refractivity contribution in [1.29, 1.82) is 0 Å². The molecule has 1 aliphatic carbocycles. The second kappa shape index (κ2) is 4.40. The third-order valence-electron chi connectivity index (χ3n) is 3.04. The van der Waals surface area contributed by atoms with Crippen LogP contribution in [0.2, 0.25) is 5.02 Å². The SMILES string of the molecule is CC(C)=Cc1cc(Cl)ccc1C1CCC1. The first-order chi connectivity index (χ1) is 7.16. The van der Waals surface area contributed by atoms with Gasteiger partial charge < -0.3 is 0 Å². The van der Waals surface area contributed by atoms with Crippen LogP contribution in [0, 0.1) is 0 Å². The second-order valence-electron chi connectivity index (χ2n) is 4.62. The van der Waals surface area contributed by atoms with E-state index in [1.807, 2.05) is 6.07 Å². The van der Waals surface area contributed by atoms with Crippen molar-refractivity contribution in [1.82, 2.24) is 0 Å². The van der Waals surface area contributed by atoms with Gasteiger partial charge in [-0.05, 0) is 55.9 Å². The lowest BCUT2D eigenvalue weighted by molar-refractivity contribution is 0.419. The Morgan fingerprint density at radius 1 is 1.33 bits per heavy atom. The predicted octanol–water partition coefficient (Wildman–Crippen LogP) is 5.03. The third kappa shape index (κ3) is 2.43. The fourth-order valence-corrected chi connectivity index (χ4v) is 2.25. The van der Waals surface area contributed by atoms with E-state index in [2.05, 4.69) is 32.1 Å². The van der Waals surface area contributed by atoms with Gasteiger partial charge >= 0.3 is 0 Å². The van der Waals surface area contributed by atoms with Crippen molar-refractivity contribution in [3.05, 3.63) is 39.9 Å². The van der Waals surface area contributed by atoms with Crippen LogP contribution in [0.1, 0.15) is 50.2 Å². The van der Waals surface area contributed by atoms with E-state index in [9.17, 15) is 0 Å². The van der Waals surface area contributed by atoms with Crippen molar-refractivity contribution in [3.8, 4) is 0 Å². The zero-order valence-corrected chi connectivity index (χ0v) is 10.1. The summed E-state index contributed by atoms with van der Waals surface area (Å²) in [6.45, 7) is 4.26. The molecular formula is C14H17Cl. The summed E-state index contributed by atoms with van der Waals surface area (Å²) in [5.74, 6) is 0.771. The minimum atomic E-state index is 0.771. The highest BCUT2D eigenvalue weighted by Gasteiger charge is 2.21. The van der Waals surface area contributed by atoms with Crippen molar-refractivity contribution in [2.75, 3.05) is 0 Å². The summed E-state index contributed by atoms with van der Waals surface area (Å²) in [5, 5.41) is 0.838. The fourth-order valence-electron chi connectivity index (χ4n) is 2.07. The lowest BCUT2D eigenvalue weighted by atomic mass is 9.78. The Morgan fingerprint density at radius 3 is 2.60 bits per heavy atom. The van der Waals surface area contributed by atoms with E-state index in [1.165, 1.54) is 36.0 Å². The molecule has 0 nitrogen and oxygen atoms in total. The van der Waals surface area contributed by atoms with Gasteiger partial charge in [-0.3, -0.25) is 0 Å². The van der Waals surface area contributed by atoms with Crippen LogP contribution in [0.15, 0.2) is 23.8 Å². The monoisotopic (exact) mass is 220 g/mol. The molecule has 15 heavy (non-hydrogen) atoms. The van der Waals surface area contributed by atoms with Crippen LogP contribution in [-0.4, -0.2) is 0 Å². The van der Waals surface area contributed by atoms with Crippen LogP contribution >= 0.6 is 11.6 Å². The molecule has 1 saturated carbocycles. The van der Waals surface area contributed by atoms with E-state index in [4.69, 9.17) is 11.6 Å². The molecule has 0 aromatic heterocycles. The molecule has 2 rings (SSSR count). The maximum atomic E-state index is 6.04. The molecule has 0 unspecified atom stereocenters. The third-order valence-corrected chi connectivity index (χ3v) is 3.27. The summed E-state index contributed by atoms with van der Waals surface area (Å²) in [5.41, 5.74) is 4.12. The quantitative estimate of drug-likeness (QED) is 0.656. The minimum absolute atomic E-state index is 0.771. The molecular weight excluding hydrogens is 204 g/mol. The first-order valence-electron chi connectivity index (χ1n) is 5.61. The van der Waals surface area contributed by atoms with Crippen molar-refractivity contribution in [3.63, 3.8) is 0 Å². The smallest absolute Gasteiger partial charge is 0.0412 e. The Morgan fingerprint density at radius 2 is 2.07 bits per heavy atom. The number of benzene rings is 1. The molecule has 1 aromatic rings. The molecule has 0 bridgehead atoms.